The quantitative estimate of drug-likeness (QED) is 0.316. The highest BCUT2D eigenvalue weighted by atomic mass is 35.5. The molecule has 0 aromatic heterocycles. The average molecular weight is 603 g/mol. The van der Waals surface area contributed by atoms with Gasteiger partial charge in [-0.3, -0.25) is 13.9 Å². The maximum atomic E-state index is 14.1. The largest absolute Gasteiger partial charge is 0.352 e. The lowest BCUT2D eigenvalue weighted by atomic mass is 10.0. The highest BCUT2D eigenvalue weighted by molar-refractivity contribution is 7.92. The normalized spacial score (nSPS) is 14.5. The fourth-order valence-electron chi connectivity index (χ4n) is 4.96. The van der Waals surface area contributed by atoms with Crippen molar-refractivity contribution in [3.8, 4) is 0 Å². The third-order valence-corrected chi connectivity index (χ3v) is 8.91. The van der Waals surface area contributed by atoms with Gasteiger partial charge in [0.25, 0.3) is 0 Å². The molecular weight excluding hydrogens is 569 g/mol. The molecule has 10 heteroatoms. The Morgan fingerprint density at radius 3 is 2.12 bits per heavy atom. The molecule has 7 nitrogen and oxygen atoms in total. The van der Waals surface area contributed by atoms with Gasteiger partial charge >= 0.3 is 0 Å². The molecule has 1 saturated carbocycles. The smallest absolute Gasteiger partial charge is 0.244 e. The monoisotopic (exact) mass is 601 g/mol. The van der Waals surface area contributed by atoms with Crippen LogP contribution in [0.4, 0.5) is 5.69 Å². The molecule has 40 heavy (non-hydrogen) atoms. The van der Waals surface area contributed by atoms with Gasteiger partial charge in [0, 0.05) is 19.0 Å². The summed E-state index contributed by atoms with van der Waals surface area (Å²) in [4.78, 5) is 29.4. The van der Waals surface area contributed by atoms with Gasteiger partial charge in [-0.05, 0) is 48.2 Å². The second kappa shape index (κ2) is 13.5. The van der Waals surface area contributed by atoms with E-state index in [1.165, 1.54) is 4.90 Å². The van der Waals surface area contributed by atoms with Gasteiger partial charge in [-0.15, -0.1) is 0 Å². The molecule has 212 valence electrons. The topological polar surface area (TPSA) is 86.8 Å². The molecule has 0 heterocycles. The number of nitrogens with one attached hydrogen (secondary N) is 1. The van der Waals surface area contributed by atoms with Crippen LogP contribution in [0, 0.1) is 0 Å². The van der Waals surface area contributed by atoms with Crippen LogP contribution in [0.5, 0.6) is 0 Å². The number of hydrogen-bond donors (Lipinski definition) is 1. The lowest BCUT2D eigenvalue weighted by Gasteiger charge is -2.34. The van der Waals surface area contributed by atoms with Gasteiger partial charge in [-0.25, -0.2) is 8.42 Å². The molecule has 2 amide bonds. The van der Waals surface area contributed by atoms with E-state index in [1.54, 1.807) is 48.5 Å². The summed E-state index contributed by atoms with van der Waals surface area (Å²) in [5.74, 6) is -0.780. The third kappa shape index (κ3) is 7.99. The van der Waals surface area contributed by atoms with E-state index in [0.29, 0.717) is 21.3 Å². The molecule has 0 saturated heterocycles. The number of para-hydroxylation sites is 1. The highest BCUT2D eigenvalue weighted by Gasteiger charge is 2.34. The summed E-state index contributed by atoms with van der Waals surface area (Å²) in [6.07, 6.45) is 5.18. The molecule has 3 aromatic carbocycles. The van der Waals surface area contributed by atoms with Gasteiger partial charge in [-0.1, -0.05) is 90.6 Å². The summed E-state index contributed by atoms with van der Waals surface area (Å²) in [7, 11) is -3.81. The van der Waals surface area contributed by atoms with E-state index in [-0.39, 0.29) is 24.9 Å². The Hall–Kier alpha value is -3.07. The van der Waals surface area contributed by atoms with Crippen molar-refractivity contribution in [3.63, 3.8) is 0 Å². The molecule has 1 aliphatic carbocycles. The van der Waals surface area contributed by atoms with Crippen molar-refractivity contribution in [3.05, 3.63) is 100 Å². The lowest BCUT2D eigenvalue weighted by Crippen LogP contribution is -2.54. The molecule has 0 radical (unpaired) electrons. The van der Waals surface area contributed by atoms with Crippen molar-refractivity contribution in [2.24, 2.45) is 0 Å². The van der Waals surface area contributed by atoms with Crippen LogP contribution in [0.2, 0.25) is 10.0 Å². The maximum Gasteiger partial charge on any atom is 0.244 e. The number of hydrogen-bond acceptors (Lipinski definition) is 4. The standard InChI is InChI=1S/C30H33Cl2N3O4S/c1-40(38,39)35(25-14-6-3-7-15-25)21-29(36)34(20-23-16-17-26(31)27(32)18-23)28(19-22-10-4-2-5-11-22)30(37)33-24-12-8-9-13-24/h2-7,10-11,14-18,24,28H,8-9,12-13,19-21H2,1H3,(H,33,37)/t28-/m1/s1. The van der Waals surface area contributed by atoms with Crippen molar-refractivity contribution < 1.29 is 18.0 Å². The SMILES string of the molecule is CS(=O)(=O)N(CC(=O)N(Cc1ccc(Cl)c(Cl)c1)[C@H](Cc1ccccc1)C(=O)NC1CCCC1)c1ccccc1. The Kier molecular flexibility index (Phi) is 10.1. The number of nitrogens with zero attached hydrogens (tertiary/aromatic N) is 2. The number of carbonyl (C=O) groups is 2. The molecule has 0 spiro atoms. The maximum absolute atomic E-state index is 14.1. The molecule has 1 atom stereocenters. The van der Waals surface area contributed by atoms with Crippen molar-refractivity contribution in [1.82, 2.24) is 10.2 Å². The molecule has 4 rings (SSSR count). The predicted octanol–water partition coefficient (Wildman–Crippen LogP) is 5.46. The van der Waals surface area contributed by atoms with Gasteiger partial charge in [0.15, 0.2) is 0 Å². The summed E-state index contributed by atoms with van der Waals surface area (Å²) in [6, 6.07) is 22.1. The Bertz CT molecular complexity index is 1420. The number of carbonyl (C=O) groups excluding carboxylic acids is 2. The van der Waals surface area contributed by atoms with Gasteiger partial charge in [0.1, 0.15) is 12.6 Å². The summed E-state index contributed by atoms with van der Waals surface area (Å²) in [6.45, 7) is -0.427. The highest BCUT2D eigenvalue weighted by Crippen LogP contribution is 2.26. The fraction of sp³-hybridized carbons (Fsp3) is 0.333. The van der Waals surface area contributed by atoms with Crippen molar-refractivity contribution >= 4 is 50.7 Å². The zero-order valence-electron chi connectivity index (χ0n) is 22.3. The lowest BCUT2D eigenvalue weighted by molar-refractivity contribution is -0.140. The zero-order valence-corrected chi connectivity index (χ0v) is 24.6. The van der Waals surface area contributed by atoms with Crippen LogP contribution in [0.15, 0.2) is 78.9 Å². The summed E-state index contributed by atoms with van der Waals surface area (Å²) in [5, 5.41) is 3.84. The van der Waals surface area contributed by atoms with Crippen LogP contribution < -0.4 is 9.62 Å². The minimum absolute atomic E-state index is 0.0394. The number of anilines is 1. The van der Waals surface area contributed by atoms with Crippen LogP contribution in [0.3, 0.4) is 0 Å². The van der Waals surface area contributed by atoms with Crippen LogP contribution >= 0.6 is 23.2 Å². The molecule has 1 aliphatic rings. The van der Waals surface area contributed by atoms with Gasteiger partial charge in [0.05, 0.1) is 22.0 Å². The van der Waals surface area contributed by atoms with Crippen molar-refractivity contribution in [2.75, 3.05) is 17.1 Å². The minimum Gasteiger partial charge on any atom is -0.352 e. The van der Waals surface area contributed by atoms with E-state index in [1.807, 2.05) is 30.3 Å². The van der Waals surface area contributed by atoms with Crippen LogP contribution in [0.1, 0.15) is 36.8 Å². The fourth-order valence-corrected chi connectivity index (χ4v) is 6.13. The molecule has 1 N–H and O–H groups in total. The second-order valence-electron chi connectivity index (χ2n) is 10.1. The summed E-state index contributed by atoms with van der Waals surface area (Å²) < 4.78 is 26.7. The van der Waals surface area contributed by atoms with E-state index in [2.05, 4.69) is 5.32 Å². The zero-order chi connectivity index (χ0) is 28.7. The minimum atomic E-state index is -3.81. The van der Waals surface area contributed by atoms with Gasteiger partial charge in [0.2, 0.25) is 21.8 Å². The first kappa shape index (κ1) is 29.9. The van der Waals surface area contributed by atoms with Crippen LogP contribution in [-0.4, -0.2) is 50.0 Å². The molecule has 3 aromatic rings. The first-order valence-electron chi connectivity index (χ1n) is 13.2. The Morgan fingerprint density at radius 2 is 1.52 bits per heavy atom. The van der Waals surface area contributed by atoms with E-state index in [0.717, 1.165) is 41.8 Å². The number of sulfonamides is 1. The Labute approximate surface area is 246 Å². The predicted molar refractivity (Wildman–Crippen MR) is 160 cm³/mol. The molecule has 0 unspecified atom stereocenters. The van der Waals surface area contributed by atoms with E-state index >= 15 is 0 Å². The van der Waals surface area contributed by atoms with E-state index in [4.69, 9.17) is 23.2 Å². The summed E-state index contributed by atoms with van der Waals surface area (Å²) >= 11 is 12.4. The Balaban J connectivity index is 1.73. The third-order valence-electron chi connectivity index (χ3n) is 7.03. The Morgan fingerprint density at radius 1 is 0.900 bits per heavy atom. The van der Waals surface area contributed by atoms with Gasteiger partial charge in [-0.2, -0.15) is 0 Å². The first-order valence-corrected chi connectivity index (χ1v) is 15.8. The van der Waals surface area contributed by atoms with Gasteiger partial charge < -0.3 is 10.2 Å². The van der Waals surface area contributed by atoms with Crippen molar-refractivity contribution in [1.29, 1.82) is 0 Å². The number of halogens is 2. The molecule has 0 aliphatic heterocycles. The summed E-state index contributed by atoms with van der Waals surface area (Å²) in [5.41, 5.74) is 1.91. The van der Waals surface area contributed by atoms with Crippen LogP contribution in [0.25, 0.3) is 0 Å². The number of rotatable bonds is 11. The average Bonchev–Trinajstić information content (AvgIpc) is 3.44. The second-order valence-corrected chi connectivity index (χ2v) is 12.8. The molecule has 1 fully saturated rings. The van der Waals surface area contributed by atoms with E-state index < -0.39 is 28.5 Å². The number of benzene rings is 3. The van der Waals surface area contributed by atoms with Crippen molar-refractivity contribution in [2.45, 2.75) is 50.7 Å². The van der Waals surface area contributed by atoms with Crippen LogP contribution in [-0.2, 0) is 32.6 Å². The molecule has 0 bridgehead atoms. The van der Waals surface area contributed by atoms with E-state index in [9.17, 15) is 18.0 Å². The molecular formula is C30H33Cl2N3O4S. The number of amides is 2. The first-order chi connectivity index (χ1) is 19.1.